The third kappa shape index (κ3) is 3.26. The number of carbonyl (C=O) groups excluding carboxylic acids is 1. The number of carbonyl (C=O) groups is 1. The van der Waals surface area contributed by atoms with Crippen LogP contribution in [0.5, 0.6) is 0 Å². The van der Waals surface area contributed by atoms with Crippen LogP contribution >= 0.6 is 11.8 Å². The highest BCUT2D eigenvalue weighted by Crippen LogP contribution is 2.26. The van der Waals surface area contributed by atoms with Crippen LogP contribution in [0.25, 0.3) is 16.6 Å². The molecule has 1 aliphatic heterocycles. The van der Waals surface area contributed by atoms with Gasteiger partial charge in [-0.1, -0.05) is 6.07 Å². The fourth-order valence-electron chi connectivity index (χ4n) is 3.52. The van der Waals surface area contributed by atoms with Crippen molar-refractivity contribution in [3.8, 4) is 5.69 Å². The van der Waals surface area contributed by atoms with Gasteiger partial charge in [-0.2, -0.15) is 0 Å². The zero-order chi connectivity index (χ0) is 19.8. The van der Waals surface area contributed by atoms with E-state index >= 15 is 0 Å². The van der Waals surface area contributed by atoms with Gasteiger partial charge in [0, 0.05) is 12.3 Å². The number of rotatable bonds is 3. The monoisotopic (exact) mass is 395 g/mol. The van der Waals surface area contributed by atoms with Gasteiger partial charge >= 0.3 is 5.97 Å². The molecule has 1 fully saturated rings. The molecule has 0 atom stereocenters. The van der Waals surface area contributed by atoms with Crippen LogP contribution in [0.4, 0.5) is 5.95 Å². The van der Waals surface area contributed by atoms with Crippen LogP contribution in [0.1, 0.15) is 21.5 Å². The molecule has 0 N–H and O–H groups in total. The Morgan fingerprint density at radius 2 is 1.89 bits per heavy atom. The Labute approximate surface area is 167 Å². The number of methoxy groups -OCH3 is 1. The van der Waals surface area contributed by atoms with Gasteiger partial charge in [0.15, 0.2) is 0 Å². The van der Waals surface area contributed by atoms with Crippen molar-refractivity contribution in [3.63, 3.8) is 0 Å². The zero-order valence-corrected chi connectivity index (χ0v) is 16.9. The Morgan fingerprint density at radius 3 is 2.54 bits per heavy atom. The van der Waals surface area contributed by atoms with Crippen molar-refractivity contribution in [2.24, 2.45) is 0 Å². The molecule has 1 aliphatic rings. The lowest BCUT2D eigenvalue weighted by Crippen LogP contribution is -2.30. The Kier molecular flexibility index (Phi) is 4.85. The first kappa shape index (κ1) is 18.6. The SMILES string of the molecule is COC(=O)c1ccc2c(=O)n(-c3cc(C)cc(C)c3)c(N3CCSC3)nc2c1. The summed E-state index contributed by atoms with van der Waals surface area (Å²) in [5.74, 6) is 1.93. The van der Waals surface area contributed by atoms with Gasteiger partial charge in [0.1, 0.15) is 0 Å². The Hall–Kier alpha value is -2.80. The number of anilines is 1. The molecule has 7 heteroatoms. The maximum absolute atomic E-state index is 13.5. The molecule has 28 heavy (non-hydrogen) atoms. The molecule has 3 aromatic rings. The van der Waals surface area contributed by atoms with E-state index in [1.54, 1.807) is 34.5 Å². The second-order valence-electron chi connectivity index (χ2n) is 6.92. The van der Waals surface area contributed by atoms with E-state index in [2.05, 4.69) is 11.0 Å². The topological polar surface area (TPSA) is 64.4 Å². The number of thioether (sulfide) groups is 1. The minimum Gasteiger partial charge on any atom is -0.465 e. The minimum atomic E-state index is -0.444. The van der Waals surface area contributed by atoms with Gasteiger partial charge in [-0.25, -0.2) is 14.3 Å². The largest absolute Gasteiger partial charge is 0.465 e. The summed E-state index contributed by atoms with van der Waals surface area (Å²) in [4.78, 5) is 32.3. The van der Waals surface area contributed by atoms with Gasteiger partial charge < -0.3 is 9.64 Å². The van der Waals surface area contributed by atoms with E-state index in [1.807, 2.05) is 26.0 Å². The Bertz CT molecular complexity index is 1110. The van der Waals surface area contributed by atoms with Crippen molar-refractivity contribution in [2.45, 2.75) is 13.8 Å². The number of fused-ring (bicyclic) bond motifs is 1. The van der Waals surface area contributed by atoms with Crippen molar-refractivity contribution in [1.29, 1.82) is 0 Å². The number of ether oxygens (including phenoxy) is 1. The summed E-state index contributed by atoms with van der Waals surface area (Å²) in [6.45, 7) is 4.86. The van der Waals surface area contributed by atoms with Gasteiger partial charge in [-0.15, -0.1) is 11.8 Å². The molecule has 0 radical (unpaired) electrons. The summed E-state index contributed by atoms with van der Waals surface area (Å²) in [6.07, 6.45) is 0. The predicted molar refractivity (Wildman–Crippen MR) is 113 cm³/mol. The van der Waals surface area contributed by atoms with Crippen LogP contribution in [0.15, 0.2) is 41.2 Å². The molecule has 0 aliphatic carbocycles. The molecular formula is C21H21N3O3S. The van der Waals surface area contributed by atoms with Gasteiger partial charge in [-0.3, -0.25) is 4.79 Å². The maximum Gasteiger partial charge on any atom is 0.337 e. The molecule has 0 spiro atoms. The molecule has 2 heterocycles. The number of benzene rings is 2. The van der Waals surface area contributed by atoms with E-state index in [9.17, 15) is 9.59 Å². The average molecular weight is 395 g/mol. The number of aromatic nitrogens is 2. The van der Waals surface area contributed by atoms with Crippen LogP contribution in [0.3, 0.4) is 0 Å². The molecule has 1 aromatic heterocycles. The summed E-state index contributed by atoms with van der Waals surface area (Å²) in [6, 6.07) is 11.0. The Balaban J connectivity index is 2.01. The number of esters is 1. The second-order valence-corrected chi connectivity index (χ2v) is 8.00. The fourth-order valence-corrected chi connectivity index (χ4v) is 4.46. The number of hydrogen-bond acceptors (Lipinski definition) is 6. The molecule has 0 unspecified atom stereocenters. The molecule has 2 aromatic carbocycles. The first-order chi connectivity index (χ1) is 13.5. The number of nitrogens with zero attached hydrogens (tertiary/aromatic N) is 3. The standard InChI is InChI=1S/C21H21N3O3S/c1-13-8-14(2)10-16(9-13)24-19(25)17-5-4-15(20(26)27-3)11-18(17)22-21(24)23-6-7-28-12-23/h4-5,8-11H,6-7,12H2,1-3H3. The van der Waals surface area contributed by atoms with Gasteiger partial charge in [0.25, 0.3) is 5.56 Å². The van der Waals surface area contributed by atoms with Crippen molar-refractivity contribution in [3.05, 3.63) is 63.4 Å². The molecule has 6 nitrogen and oxygen atoms in total. The van der Waals surface area contributed by atoms with E-state index < -0.39 is 5.97 Å². The summed E-state index contributed by atoms with van der Waals surface area (Å²) in [7, 11) is 1.34. The first-order valence-corrected chi connectivity index (χ1v) is 10.2. The van der Waals surface area contributed by atoms with E-state index in [1.165, 1.54) is 7.11 Å². The van der Waals surface area contributed by atoms with Crippen LogP contribution in [-0.2, 0) is 4.74 Å². The highest BCUT2D eigenvalue weighted by Gasteiger charge is 2.22. The second kappa shape index (κ2) is 7.31. The van der Waals surface area contributed by atoms with Crippen molar-refractivity contribution >= 4 is 34.6 Å². The van der Waals surface area contributed by atoms with E-state index in [0.717, 1.165) is 35.0 Å². The van der Waals surface area contributed by atoms with E-state index in [-0.39, 0.29) is 5.56 Å². The van der Waals surface area contributed by atoms with Gasteiger partial charge in [-0.05, 0) is 55.3 Å². The summed E-state index contributed by atoms with van der Waals surface area (Å²) < 4.78 is 6.49. The van der Waals surface area contributed by atoms with Crippen LogP contribution in [0.2, 0.25) is 0 Å². The van der Waals surface area contributed by atoms with Crippen LogP contribution < -0.4 is 10.5 Å². The molecule has 1 saturated heterocycles. The number of hydrogen-bond donors (Lipinski definition) is 0. The fraction of sp³-hybridized carbons (Fsp3) is 0.286. The van der Waals surface area contributed by atoms with Crippen molar-refractivity contribution in [1.82, 2.24) is 9.55 Å². The van der Waals surface area contributed by atoms with Crippen molar-refractivity contribution < 1.29 is 9.53 Å². The molecular weight excluding hydrogens is 374 g/mol. The summed E-state index contributed by atoms with van der Waals surface area (Å²) >= 11 is 1.81. The molecule has 4 rings (SSSR count). The molecule has 0 bridgehead atoms. The van der Waals surface area contributed by atoms with E-state index in [0.29, 0.717) is 22.4 Å². The molecule has 0 amide bonds. The van der Waals surface area contributed by atoms with E-state index in [4.69, 9.17) is 9.72 Å². The molecule has 144 valence electrons. The minimum absolute atomic E-state index is 0.140. The maximum atomic E-state index is 13.5. The first-order valence-electron chi connectivity index (χ1n) is 9.04. The molecule has 0 saturated carbocycles. The summed E-state index contributed by atoms with van der Waals surface area (Å²) in [5, 5.41) is 0.474. The lowest BCUT2D eigenvalue weighted by molar-refractivity contribution is 0.0601. The number of aryl methyl sites for hydroxylation is 2. The zero-order valence-electron chi connectivity index (χ0n) is 16.1. The summed E-state index contributed by atoms with van der Waals surface area (Å²) in [5.41, 5.74) is 3.72. The van der Waals surface area contributed by atoms with Gasteiger partial charge in [0.2, 0.25) is 5.95 Å². The van der Waals surface area contributed by atoms with Crippen LogP contribution in [-0.4, -0.2) is 40.8 Å². The van der Waals surface area contributed by atoms with Crippen LogP contribution in [0, 0.1) is 13.8 Å². The quantitative estimate of drug-likeness (QED) is 0.634. The lowest BCUT2D eigenvalue weighted by Gasteiger charge is -2.22. The third-order valence-corrected chi connectivity index (χ3v) is 5.74. The lowest BCUT2D eigenvalue weighted by atomic mass is 10.1. The van der Waals surface area contributed by atoms with Crippen molar-refractivity contribution in [2.75, 3.05) is 30.2 Å². The highest BCUT2D eigenvalue weighted by molar-refractivity contribution is 7.99. The normalized spacial score (nSPS) is 13.9. The highest BCUT2D eigenvalue weighted by atomic mass is 32.2. The Morgan fingerprint density at radius 1 is 1.14 bits per heavy atom. The third-order valence-electron chi connectivity index (χ3n) is 4.77. The smallest absolute Gasteiger partial charge is 0.337 e. The average Bonchev–Trinajstić information content (AvgIpc) is 3.20. The predicted octanol–water partition coefficient (Wildman–Crippen LogP) is 3.30. The van der Waals surface area contributed by atoms with Gasteiger partial charge in [0.05, 0.1) is 35.1 Å².